The molecule has 2 aromatic heterocycles. The van der Waals surface area contributed by atoms with E-state index in [2.05, 4.69) is 23.9 Å². The molecule has 21 heavy (non-hydrogen) atoms. The van der Waals surface area contributed by atoms with Gasteiger partial charge in [0.2, 0.25) is 0 Å². The predicted molar refractivity (Wildman–Crippen MR) is 83.2 cm³/mol. The van der Waals surface area contributed by atoms with Crippen molar-refractivity contribution in [2.24, 2.45) is 5.92 Å². The highest BCUT2D eigenvalue weighted by Gasteiger charge is 2.31. The minimum atomic E-state index is -0.972. The second-order valence-corrected chi connectivity index (χ2v) is 6.02. The Morgan fingerprint density at radius 3 is 2.76 bits per heavy atom. The van der Waals surface area contributed by atoms with Crippen molar-refractivity contribution in [3.63, 3.8) is 0 Å². The summed E-state index contributed by atoms with van der Waals surface area (Å²) in [5, 5.41) is 14.4. The summed E-state index contributed by atoms with van der Waals surface area (Å²) in [7, 11) is -0.972. The molecule has 2 rings (SSSR count). The molecular formula is C15H22BN3O2. The zero-order chi connectivity index (χ0) is 15.5. The van der Waals surface area contributed by atoms with Crippen LogP contribution in [0.4, 0.5) is 0 Å². The molecule has 0 fully saturated rings. The van der Waals surface area contributed by atoms with Crippen LogP contribution in [0.2, 0.25) is 0 Å². The Hall–Kier alpha value is -1.66. The summed E-state index contributed by atoms with van der Waals surface area (Å²) in [4.78, 5) is 4.26. The average Bonchev–Trinajstić information content (AvgIpc) is 2.88. The average molecular weight is 287 g/mol. The summed E-state index contributed by atoms with van der Waals surface area (Å²) in [5.41, 5.74) is 1.17. The van der Waals surface area contributed by atoms with Crippen LogP contribution in [0.1, 0.15) is 33.4 Å². The molecule has 0 saturated heterocycles. The topological polar surface area (TPSA) is 60.2 Å². The minimum absolute atomic E-state index is 0.302. The fourth-order valence-electron chi connectivity index (χ4n) is 1.74. The Morgan fingerprint density at radius 1 is 1.38 bits per heavy atom. The molecule has 2 heterocycles. The highest BCUT2D eigenvalue weighted by molar-refractivity contribution is 6.59. The number of aromatic nitrogens is 3. The quantitative estimate of drug-likeness (QED) is 0.817. The van der Waals surface area contributed by atoms with Crippen molar-refractivity contribution in [1.29, 1.82) is 0 Å². The maximum Gasteiger partial charge on any atom is 0.494 e. The molecule has 2 aromatic rings. The van der Waals surface area contributed by atoms with Gasteiger partial charge in [0, 0.05) is 24.1 Å². The molecule has 0 amide bonds. The van der Waals surface area contributed by atoms with Gasteiger partial charge in [-0.05, 0) is 31.9 Å². The van der Waals surface area contributed by atoms with E-state index in [1.807, 2.05) is 32.0 Å². The largest absolute Gasteiger partial charge is 0.494 e. The van der Waals surface area contributed by atoms with Crippen LogP contribution >= 0.6 is 0 Å². The van der Waals surface area contributed by atoms with E-state index < -0.39 is 12.7 Å². The van der Waals surface area contributed by atoms with Crippen LogP contribution in [0.5, 0.6) is 0 Å². The van der Waals surface area contributed by atoms with Crippen molar-refractivity contribution >= 4 is 12.6 Å². The van der Waals surface area contributed by atoms with Crippen molar-refractivity contribution in [1.82, 2.24) is 14.8 Å². The van der Waals surface area contributed by atoms with Crippen molar-refractivity contribution < 1.29 is 9.68 Å². The lowest BCUT2D eigenvalue weighted by molar-refractivity contribution is 0.0423. The number of pyridine rings is 1. The van der Waals surface area contributed by atoms with Crippen LogP contribution in [0.25, 0.3) is 0 Å². The molecule has 0 unspecified atom stereocenters. The van der Waals surface area contributed by atoms with E-state index in [0.717, 1.165) is 5.69 Å². The Labute approximate surface area is 126 Å². The fraction of sp³-hybridized carbons (Fsp3) is 0.467. The molecular weight excluding hydrogens is 265 g/mol. The van der Waals surface area contributed by atoms with Gasteiger partial charge in [0.05, 0.1) is 17.8 Å². The SMILES string of the molecule is CC(C)C(C)(C)OB(O)c1cnn(Cc2ccccn2)c1. The molecule has 0 aliphatic rings. The van der Waals surface area contributed by atoms with Gasteiger partial charge in [-0.15, -0.1) is 0 Å². The first-order valence-corrected chi connectivity index (χ1v) is 7.16. The van der Waals surface area contributed by atoms with Crippen LogP contribution in [0.15, 0.2) is 36.8 Å². The van der Waals surface area contributed by atoms with Crippen LogP contribution in [-0.2, 0) is 11.2 Å². The van der Waals surface area contributed by atoms with Crippen molar-refractivity contribution in [2.75, 3.05) is 0 Å². The maximum absolute atomic E-state index is 10.2. The molecule has 0 radical (unpaired) electrons. The Kier molecular flexibility index (Phi) is 4.80. The maximum atomic E-state index is 10.2. The number of rotatable bonds is 6. The normalized spacial score (nSPS) is 11.9. The summed E-state index contributed by atoms with van der Waals surface area (Å²) in [5.74, 6) is 0.302. The lowest BCUT2D eigenvalue weighted by atomic mass is 9.79. The molecule has 6 heteroatoms. The van der Waals surface area contributed by atoms with Gasteiger partial charge in [0.1, 0.15) is 0 Å². The molecule has 0 aliphatic carbocycles. The lowest BCUT2D eigenvalue weighted by Crippen LogP contribution is -2.44. The monoisotopic (exact) mass is 287 g/mol. The van der Waals surface area contributed by atoms with Crippen LogP contribution in [0, 0.1) is 5.92 Å². The Balaban J connectivity index is 2.02. The van der Waals surface area contributed by atoms with Gasteiger partial charge in [0.25, 0.3) is 0 Å². The second-order valence-electron chi connectivity index (χ2n) is 6.02. The third-order valence-corrected chi connectivity index (χ3v) is 3.79. The molecule has 1 N–H and O–H groups in total. The predicted octanol–water partition coefficient (Wildman–Crippen LogP) is 1.47. The highest BCUT2D eigenvalue weighted by Crippen LogP contribution is 2.20. The van der Waals surface area contributed by atoms with Gasteiger partial charge < -0.3 is 9.68 Å². The zero-order valence-corrected chi connectivity index (χ0v) is 13.0. The van der Waals surface area contributed by atoms with E-state index in [1.165, 1.54) is 0 Å². The van der Waals surface area contributed by atoms with Crippen molar-refractivity contribution in [3.8, 4) is 0 Å². The number of hydrogen-bond acceptors (Lipinski definition) is 4. The van der Waals surface area contributed by atoms with Gasteiger partial charge in [-0.1, -0.05) is 19.9 Å². The van der Waals surface area contributed by atoms with E-state index in [9.17, 15) is 5.02 Å². The van der Waals surface area contributed by atoms with Gasteiger partial charge in [-0.2, -0.15) is 5.10 Å². The first kappa shape index (κ1) is 15.7. The van der Waals surface area contributed by atoms with E-state index >= 15 is 0 Å². The zero-order valence-electron chi connectivity index (χ0n) is 13.0. The first-order chi connectivity index (χ1) is 9.88. The van der Waals surface area contributed by atoms with E-state index in [0.29, 0.717) is 17.9 Å². The summed E-state index contributed by atoms with van der Waals surface area (Å²) in [6, 6.07) is 5.76. The third-order valence-electron chi connectivity index (χ3n) is 3.79. The molecule has 0 bridgehead atoms. The van der Waals surface area contributed by atoms with Crippen molar-refractivity contribution in [2.45, 2.75) is 39.8 Å². The van der Waals surface area contributed by atoms with E-state index in [-0.39, 0.29) is 0 Å². The fourth-order valence-corrected chi connectivity index (χ4v) is 1.74. The molecule has 0 atom stereocenters. The highest BCUT2D eigenvalue weighted by atomic mass is 16.5. The molecule has 0 aliphatic heterocycles. The summed E-state index contributed by atoms with van der Waals surface area (Å²) in [6.07, 6.45) is 5.17. The van der Waals surface area contributed by atoms with Crippen LogP contribution < -0.4 is 5.46 Å². The summed E-state index contributed by atoms with van der Waals surface area (Å²) >= 11 is 0. The van der Waals surface area contributed by atoms with Crippen molar-refractivity contribution in [3.05, 3.63) is 42.5 Å². The molecule has 0 aromatic carbocycles. The number of nitrogens with zero attached hydrogens (tertiary/aromatic N) is 3. The van der Waals surface area contributed by atoms with Crippen LogP contribution in [-0.4, -0.2) is 32.5 Å². The number of hydrogen-bond donors (Lipinski definition) is 1. The Morgan fingerprint density at radius 2 is 2.14 bits per heavy atom. The minimum Gasteiger partial charge on any atom is -0.423 e. The molecule has 0 spiro atoms. The molecule has 5 nitrogen and oxygen atoms in total. The van der Waals surface area contributed by atoms with Gasteiger partial charge in [-0.25, -0.2) is 0 Å². The van der Waals surface area contributed by atoms with Gasteiger partial charge in [0.15, 0.2) is 0 Å². The lowest BCUT2D eigenvalue weighted by Gasteiger charge is -2.31. The summed E-state index contributed by atoms with van der Waals surface area (Å²) in [6.45, 7) is 8.65. The summed E-state index contributed by atoms with van der Waals surface area (Å²) < 4.78 is 7.48. The standard InChI is InChI=1S/C15H22BN3O2/c1-12(2)15(3,4)21-16(20)13-9-18-19(10-13)11-14-7-5-6-8-17-14/h5-10,12,20H,11H2,1-4H3. The molecule has 112 valence electrons. The smallest absolute Gasteiger partial charge is 0.423 e. The third kappa shape index (κ3) is 4.15. The van der Waals surface area contributed by atoms with E-state index in [4.69, 9.17) is 4.65 Å². The first-order valence-electron chi connectivity index (χ1n) is 7.16. The second kappa shape index (κ2) is 6.41. The van der Waals surface area contributed by atoms with Crippen LogP contribution in [0.3, 0.4) is 0 Å². The van der Waals surface area contributed by atoms with Gasteiger partial charge >= 0.3 is 7.12 Å². The molecule has 0 saturated carbocycles. The van der Waals surface area contributed by atoms with E-state index in [1.54, 1.807) is 23.3 Å². The van der Waals surface area contributed by atoms with Gasteiger partial charge in [-0.3, -0.25) is 9.67 Å². The Bertz CT molecular complexity index is 569.